The van der Waals surface area contributed by atoms with Gasteiger partial charge in [0, 0.05) is 17.5 Å². The lowest BCUT2D eigenvalue weighted by molar-refractivity contribution is 0.112. The van der Waals surface area contributed by atoms with E-state index in [4.69, 9.17) is 9.47 Å². The molecule has 0 N–H and O–H groups in total. The second-order valence-corrected chi connectivity index (χ2v) is 4.15. The van der Waals surface area contributed by atoms with Crippen LogP contribution in [0.15, 0.2) is 42.5 Å². The van der Waals surface area contributed by atoms with E-state index in [1.165, 1.54) is 0 Å². The van der Waals surface area contributed by atoms with Gasteiger partial charge in [0.25, 0.3) is 0 Å². The van der Waals surface area contributed by atoms with E-state index in [-0.39, 0.29) is 0 Å². The van der Waals surface area contributed by atoms with Crippen LogP contribution in [-0.2, 0) is 6.42 Å². The Morgan fingerprint density at radius 2 is 1.74 bits per heavy atom. The molecule has 0 fully saturated rings. The Morgan fingerprint density at radius 1 is 1.00 bits per heavy atom. The van der Waals surface area contributed by atoms with Gasteiger partial charge in [-0.3, -0.25) is 4.79 Å². The minimum absolute atomic E-state index is 0.621. The van der Waals surface area contributed by atoms with Crippen molar-refractivity contribution in [2.75, 3.05) is 14.2 Å². The summed E-state index contributed by atoms with van der Waals surface area (Å²) in [5, 5.41) is 0. The minimum Gasteiger partial charge on any atom is -0.493 e. The van der Waals surface area contributed by atoms with Crippen LogP contribution < -0.4 is 9.47 Å². The van der Waals surface area contributed by atoms with Crippen molar-refractivity contribution >= 4 is 6.29 Å². The molecule has 2 rings (SSSR count). The average molecular weight is 256 g/mol. The van der Waals surface area contributed by atoms with Gasteiger partial charge in [-0.25, -0.2) is 0 Å². The lowest BCUT2D eigenvalue weighted by Gasteiger charge is -2.14. The molecule has 3 nitrogen and oxygen atoms in total. The van der Waals surface area contributed by atoms with E-state index in [2.05, 4.69) is 0 Å². The van der Waals surface area contributed by atoms with Gasteiger partial charge in [0.2, 0.25) is 0 Å². The van der Waals surface area contributed by atoms with Crippen LogP contribution in [0.5, 0.6) is 11.5 Å². The Bertz CT molecular complexity index is 562. The van der Waals surface area contributed by atoms with Gasteiger partial charge in [0.1, 0.15) is 6.29 Å². The molecular weight excluding hydrogens is 240 g/mol. The van der Waals surface area contributed by atoms with Crippen LogP contribution >= 0.6 is 0 Å². The SMILES string of the molecule is COc1ccc(C=O)c(Cc2ccccc2)c1OC. The van der Waals surface area contributed by atoms with Crippen LogP contribution in [0.3, 0.4) is 0 Å². The topological polar surface area (TPSA) is 35.5 Å². The fraction of sp³-hybridized carbons (Fsp3) is 0.188. The van der Waals surface area contributed by atoms with Crippen molar-refractivity contribution in [3.8, 4) is 11.5 Å². The molecule has 3 heteroatoms. The number of hydrogen-bond donors (Lipinski definition) is 0. The van der Waals surface area contributed by atoms with Crippen molar-refractivity contribution in [2.45, 2.75) is 6.42 Å². The third kappa shape index (κ3) is 2.76. The zero-order chi connectivity index (χ0) is 13.7. The first kappa shape index (κ1) is 13.1. The number of methoxy groups -OCH3 is 2. The van der Waals surface area contributed by atoms with E-state index in [0.29, 0.717) is 23.5 Å². The number of ether oxygens (including phenoxy) is 2. The maximum absolute atomic E-state index is 11.2. The lowest BCUT2D eigenvalue weighted by atomic mass is 9.99. The quantitative estimate of drug-likeness (QED) is 0.771. The molecule has 0 aromatic heterocycles. The van der Waals surface area contributed by atoms with Gasteiger partial charge in [-0.1, -0.05) is 30.3 Å². The summed E-state index contributed by atoms with van der Waals surface area (Å²) in [7, 11) is 3.17. The Balaban J connectivity index is 2.49. The predicted molar refractivity (Wildman–Crippen MR) is 74.2 cm³/mol. The standard InChI is InChI=1S/C16H16O3/c1-18-15-9-8-13(11-17)14(16(15)19-2)10-12-6-4-3-5-7-12/h3-9,11H,10H2,1-2H3. The monoisotopic (exact) mass is 256 g/mol. The van der Waals surface area contributed by atoms with E-state index in [9.17, 15) is 4.79 Å². The van der Waals surface area contributed by atoms with E-state index >= 15 is 0 Å². The Morgan fingerprint density at radius 3 is 2.32 bits per heavy atom. The molecule has 2 aromatic rings. The van der Waals surface area contributed by atoms with E-state index in [1.807, 2.05) is 30.3 Å². The molecule has 0 spiro atoms. The fourth-order valence-corrected chi connectivity index (χ4v) is 2.10. The first-order valence-electron chi connectivity index (χ1n) is 6.03. The molecule has 2 aromatic carbocycles. The molecule has 0 amide bonds. The molecule has 0 heterocycles. The van der Waals surface area contributed by atoms with Crippen molar-refractivity contribution in [1.29, 1.82) is 0 Å². The second-order valence-electron chi connectivity index (χ2n) is 4.15. The summed E-state index contributed by atoms with van der Waals surface area (Å²) < 4.78 is 10.7. The molecular formula is C16H16O3. The van der Waals surface area contributed by atoms with Gasteiger partial charge < -0.3 is 9.47 Å². The molecule has 0 unspecified atom stereocenters. The Hall–Kier alpha value is -2.29. The summed E-state index contributed by atoms with van der Waals surface area (Å²) in [6.07, 6.45) is 1.48. The van der Waals surface area contributed by atoms with Gasteiger partial charge in [-0.05, 0) is 17.7 Å². The number of aldehydes is 1. The van der Waals surface area contributed by atoms with Crippen LogP contribution in [0, 0.1) is 0 Å². The van der Waals surface area contributed by atoms with Crippen LogP contribution in [0.4, 0.5) is 0 Å². The Kier molecular flexibility index (Phi) is 4.18. The van der Waals surface area contributed by atoms with Crippen molar-refractivity contribution < 1.29 is 14.3 Å². The first-order valence-corrected chi connectivity index (χ1v) is 6.03. The van der Waals surface area contributed by atoms with Crippen LogP contribution in [-0.4, -0.2) is 20.5 Å². The molecule has 0 aliphatic carbocycles. The summed E-state index contributed by atoms with van der Waals surface area (Å²) in [6.45, 7) is 0. The minimum atomic E-state index is 0.621. The summed E-state index contributed by atoms with van der Waals surface area (Å²) in [5.74, 6) is 1.26. The summed E-state index contributed by atoms with van der Waals surface area (Å²) in [4.78, 5) is 11.2. The van der Waals surface area contributed by atoms with Crippen molar-refractivity contribution in [2.24, 2.45) is 0 Å². The highest BCUT2D eigenvalue weighted by atomic mass is 16.5. The largest absolute Gasteiger partial charge is 0.493 e. The normalized spacial score (nSPS) is 10.0. The molecule has 0 saturated heterocycles. The molecule has 19 heavy (non-hydrogen) atoms. The zero-order valence-corrected chi connectivity index (χ0v) is 11.1. The third-order valence-corrected chi connectivity index (χ3v) is 3.04. The molecule has 0 aliphatic rings. The molecule has 98 valence electrons. The molecule has 0 atom stereocenters. The summed E-state index contributed by atoms with van der Waals surface area (Å²) in [5.41, 5.74) is 2.60. The van der Waals surface area contributed by atoms with E-state index in [1.54, 1.807) is 26.4 Å². The molecule has 0 saturated carbocycles. The highest BCUT2D eigenvalue weighted by Gasteiger charge is 2.14. The molecule has 0 aliphatic heterocycles. The van der Waals surface area contributed by atoms with Crippen LogP contribution in [0.1, 0.15) is 21.5 Å². The van der Waals surface area contributed by atoms with Crippen molar-refractivity contribution in [3.63, 3.8) is 0 Å². The number of hydrogen-bond acceptors (Lipinski definition) is 3. The maximum atomic E-state index is 11.2. The van der Waals surface area contributed by atoms with E-state index < -0.39 is 0 Å². The number of benzene rings is 2. The Labute approximate surface area is 112 Å². The van der Waals surface area contributed by atoms with Crippen LogP contribution in [0.2, 0.25) is 0 Å². The second kappa shape index (κ2) is 6.05. The summed E-state index contributed by atoms with van der Waals surface area (Å²) >= 11 is 0. The van der Waals surface area contributed by atoms with Crippen molar-refractivity contribution in [1.82, 2.24) is 0 Å². The fourth-order valence-electron chi connectivity index (χ4n) is 2.10. The van der Waals surface area contributed by atoms with Gasteiger partial charge in [0.05, 0.1) is 14.2 Å². The smallest absolute Gasteiger partial charge is 0.164 e. The number of rotatable bonds is 5. The van der Waals surface area contributed by atoms with Crippen LogP contribution in [0.25, 0.3) is 0 Å². The maximum Gasteiger partial charge on any atom is 0.164 e. The first-order chi connectivity index (χ1) is 9.30. The van der Waals surface area contributed by atoms with Crippen molar-refractivity contribution in [3.05, 3.63) is 59.2 Å². The van der Waals surface area contributed by atoms with Gasteiger partial charge in [0.15, 0.2) is 11.5 Å². The highest BCUT2D eigenvalue weighted by Crippen LogP contribution is 2.34. The van der Waals surface area contributed by atoms with Gasteiger partial charge in [-0.15, -0.1) is 0 Å². The summed E-state index contributed by atoms with van der Waals surface area (Å²) in [6, 6.07) is 13.5. The van der Waals surface area contributed by atoms with Gasteiger partial charge in [-0.2, -0.15) is 0 Å². The predicted octanol–water partition coefficient (Wildman–Crippen LogP) is 3.11. The number of carbonyl (C=O) groups is 1. The highest BCUT2D eigenvalue weighted by molar-refractivity contribution is 5.80. The number of carbonyl (C=O) groups excluding carboxylic acids is 1. The van der Waals surface area contributed by atoms with E-state index in [0.717, 1.165) is 17.4 Å². The lowest BCUT2D eigenvalue weighted by Crippen LogP contribution is -2.01. The van der Waals surface area contributed by atoms with Gasteiger partial charge >= 0.3 is 0 Å². The third-order valence-electron chi connectivity index (χ3n) is 3.04. The average Bonchev–Trinajstić information content (AvgIpc) is 2.47. The molecule has 0 radical (unpaired) electrons. The molecule has 0 bridgehead atoms. The zero-order valence-electron chi connectivity index (χ0n) is 11.1.